The Morgan fingerprint density at radius 1 is 1.47 bits per heavy atom. The van der Waals surface area contributed by atoms with Crippen LogP contribution in [0.25, 0.3) is 0 Å². The van der Waals surface area contributed by atoms with Gasteiger partial charge in [-0.15, -0.1) is 0 Å². The minimum absolute atomic E-state index is 0.0313. The van der Waals surface area contributed by atoms with Crippen LogP contribution in [-0.2, 0) is 13.6 Å². The van der Waals surface area contributed by atoms with E-state index in [1.807, 2.05) is 18.5 Å². The molecule has 0 aliphatic rings. The SMILES string of the molecule is CC(N)c1cncn1Cc1ncn(C)n1. The van der Waals surface area contributed by atoms with Crippen LogP contribution >= 0.6 is 0 Å². The average Bonchev–Trinajstić information content (AvgIpc) is 2.75. The van der Waals surface area contributed by atoms with Crippen LogP contribution in [0.4, 0.5) is 0 Å². The third-order valence-corrected chi connectivity index (χ3v) is 2.17. The minimum atomic E-state index is -0.0313. The lowest BCUT2D eigenvalue weighted by atomic mass is 10.3. The Kier molecular flexibility index (Phi) is 2.51. The van der Waals surface area contributed by atoms with Crippen molar-refractivity contribution in [2.75, 3.05) is 0 Å². The van der Waals surface area contributed by atoms with E-state index in [0.717, 1.165) is 11.5 Å². The van der Waals surface area contributed by atoms with Crippen LogP contribution in [0.5, 0.6) is 0 Å². The molecule has 0 aliphatic carbocycles. The van der Waals surface area contributed by atoms with Crippen LogP contribution in [0.1, 0.15) is 24.5 Å². The molecule has 15 heavy (non-hydrogen) atoms. The van der Waals surface area contributed by atoms with Gasteiger partial charge < -0.3 is 10.3 Å². The van der Waals surface area contributed by atoms with Crippen molar-refractivity contribution in [3.05, 3.63) is 30.4 Å². The second-order valence-electron chi connectivity index (χ2n) is 3.57. The molecule has 0 amide bonds. The van der Waals surface area contributed by atoms with Crippen molar-refractivity contribution in [3.8, 4) is 0 Å². The Morgan fingerprint density at radius 3 is 2.87 bits per heavy atom. The first-order chi connectivity index (χ1) is 7.16. The lowest BCUT2D eigenvalue weighted by Crippen LogP contribution is -2.13. The van der Waals surface area contributed by atoms with Crippen molar-refractivity contribution in [3.63, 3.8) is 0 Å². The molecular weight excluding hydrogens is 192 g/mol. The van der Waals surface area contributed by atoms with Gasteiger partial charge >= 0.3 is 0 Å². The Morgan fingerprint density at radius 2 is 2.27 bits per heavy atom. The molecule has 2 aromatic heterocycles. The van der Waals surface area contributed by atoms with Gasteiger partial charge in [0.25, 0.3) is 0 Å². The quantitative estimate of drug-likeness (QED) is 0.771. The van der Waals surface area contributed by atoms with E-state index >= 15 is 0 Å². The normalized spacial score (nSPS) is 13.0. The number of rotatable bonds is 3. The van der Waals surface area contributed by atoms with Crippen molar-refractivity contribution >= 4 is 0 Å². The predicted octanol–water partition coefficient (Wildman–Crippen LogP) is 0.0796. The maximum absolute atomic E-state index is 5.81. The van der Waals surface area contributed by atoms with Crippen molar-refractivity contribution in [2.24, 2.45) is 12.8 Å². The zero-order valence-corrected chi connectivity index (χ0v) is 8.83. The van der Waals surface area contributed by atoms with Gasteiger partial charge in [-0.3, -0.25) is 4.68 Å². The molecule has 1 atom stereocenters. The van der Waals surface area contributed by atoms with Crippen LogP contribution in [0.3, 0.4) is 0 Å². The zero-order valence-electron chi connectivity index (χ0n) is 8.83. The van der Waals surface area contributed by atoms with E-state index in [0.29, 0.717) is 6.54 Å². The molecule has 6 heteroatoms. The fourth-order valence-electron chi connectivity index (χ4n) is 1.45. The van der Waals surface area contributed by atoms with E-state index in [1.54, 1.807) is 23.5 Å². The topological polar surface area (TPSA) is 74.5 Å². The molecule has 1 unspecified atom stereocenters. The summed E-state index contributed by atoms with van der Waals surface area (Å²) in [7, 11) is 1.84. The third kappa shape index (κ3) is 2.04. The Bertz CT molecular complexity index is 441. The summed E-state index contributed by atoms with van der Waals surface area (Å²) in [4.78, 5) is 8.22. The zero-order chi connectivity index (χ0) is 10.8. The van der Waals surface area contributed by atoms with Crippen LogP contribution in [0.15, 0.2) is 18.9 Å². The third-order valence-electron chi connectivity index (χ3n) is 2.17. The maximum atomic E-state index is 5.81. The summed E-state index contributed by atoms with van der Waals surface area (Å²) in [5.41, 5.74) is 6.80. The van der Waals surface area contributed by atoms with E-state index < -0.39 is 0 Å². The standard InChI is InChI=1S/C9H14N6/c1-7(10)8-3-11-5-15(8)4-9-12-6-14(2)13-9/h3,5-7H,4,10H2,1-2H3. The molecule has 0 radical (unpaired) electrons. The number of nitrogens with two attached hydrogens (primary N) is 1. The van der Waals surface area contributed by atoms with Crippen LogP contribution in [-0.4, -0.2) is 24.3 Å². The van der Waals surface area contributed by atoms with Crippen molar-refractivity contribution < 1.29 is 0 Å². The molecule has 0 spiro atoms. The number of aryl methyl sites for hydroxylation is 1. The van der Waals surface area contributed by atoms with Gasteiger partial charge in [-0.2, -0.15) is 5.10 Å². The van der Waals surface area contributed by atoms with Gasteiger partial charge in [-0.1, -0.05) is 0 Å². The van der Waals surface area contributed by atoms with E-state index in [2.05, 4.69) is 15.1 Å². The summed E-state index contributed by atoms with van der Waals surface area (Å²) >= 11 is 0. The summed E-state index contributed by atoms with van der Waals surface area (Å²) in [5.74, 6) is 0.761. The summed E-state index contributed by atoms with van der Waals surface area (Å²) in [6.45, 7) is 2.54. The van der Waals surface area contributed by atoms with Crippen LogP contribution in [0.2, 0.25) is 0 Å². The number of nitrogens with zero attached hydrogens (tertiary/aromatic N) is 5. The number of hydrogen-bond acceptors (Lipinski definition) is 4. The van der Waals surface area contributed by atoms with Gasteiger partial charge in [0.1, 0.15) is 6.33 Å². The van der Waals surface area contributed by atoms with Crippen LogP contribution < -0.4 is 5.73 Å². The highest BCUT2D eigenvalue weighted by Gasteiger charge is 2.08. The number of aromatic nitrogens is 5. The monoisotopic (exact) mass is 206 g/mol. The first-order valence-electron chi connectivity index (χ1n) is 4.77. The second kappa shape index (κ2) is 3.82. The average molecular weight is 206 g/mol. The molecule has 2 heterocycles. The molecule has 80 valence electrons. The largest absolute Gasteiger partial charge is 0.325 e. The van der Waals surface area contributed by atoms with Gasteiger partial charge in [0.2, 0.25) is 0 Å². The summed E-state index contributed by atoms with van der Waals surface area (Å²) in [6.07, 6.45) is 5.19. The van der Waals surface area contributed by atoms with Crippen molar-refractivity contribution in [2.45, 2.75) is 19.5 Å². The minimum Gasteiger partial charge on any atom is -0.325 e. The summed E-state index contributed by atoms with van der Waals surface area (Å²) in [6, 6.07) is -0.0313. The predicted molar refractivity (Wildman–Crippen MR) is 54.9 cm³/mol. The molecule has 0 bridgehead atoms. The maximum Gasteiger partial charge on any atom is 0.170 e. The molecule has 2 rings (SSSR count). The van der Waals surface area contributed by atoms with Crippen LogP contribution in [0, 0.1) is 0 Å². The van der Waals surface area contributed by atoms with E-state index in [9.17, 15) is 0 Å². The van der Waals surface area contributed by atoms with Gasteiger partial charge in [0, 0.05) is 19.3 Å². The lowest BCUT2D eigenvalue weighted by molar-refractivity contribution is 0.645. The van der Waals surface area contributed by atoms with Crippen molar-refractivity contribution in [1.29, 1.82) is 0 Å². The second-order valence-corrected chi connectivity index (χ2v) is 3.57. The van der Waals surface area contributed by atoms with Crippen molar-refractivity contribution in [1.82, 2.24) is 24.3 Å². The van der Waals surface area contributed by atoms with Gasteiger partial charge in [0.15, 0.2) is 5.82 Å². The van der Waals surface area contributed by atoms with Gasteiger partial charge in [-0.25, -0.2) is 9.97 Å². The first kappa shape index (κ1) is 9.85. The molecule has 2 aromatic rings. The van der Waals surface area contributed by atoms with E-state index in [4.69, 9.17) is 5.73 Å². The number of hydrogen-bond donors (Lipinski definition) is 1. The van der Waals surface area contributed by atoms with E-state index in [-0.39, 0.29) is 6.04 Å². The fourth-order valence-corrected chi connectivity index (χ4v) is 1.45. The first-order valence-corrected chi connectivity index (χ1v) is 4.77. The highest BCUT2D eigenvalue weighted by Crippen LogP contribution is 2.09. The number of imidazole rings is 1. The highest BCUT2D eigenvalue weighted by atomic mass is 15.3. The smallest absolute Gasteiger partial charge is 0.170 e. The molecule has 0 fully saturated rings. The highest BCUT2D eigenvalue weighted by molar-refractivity contribution is 5.04. The molecule has 2 N–H and O–H groups in total. The Hall–Kier alpha value is -1.69. The molecular formula is C9H14N6. The molecule has 0 saturated heterocycles. The van der Waals surface area contributed by atoms with Gasteiger partial charge in [-0.05, 0) is 6.92 Å². The summed E-state index contributed by atoms with van der Waals surface area (Å²) in [5, 5.41) is 4.20. The molecule has 0 aromatic carbocycles. The fraction of sp³-hybridized carbons (Fsp3) is 0.444. The lowest BCUT2D eigenvalue weighted by Gasteiger charge is -2.08. The van der Waals surface area contributed by atoms with Gasteiger partial charge in [0.05, 0.1) is 18.6 Å². The molecule has 0 aliphatic heterocycles. The molecule has 6 nitrogen and oxygen atoms in total. The van der Waals surface area contributed by atoms with E-state index in [1.165, 1.54) is 0 Å². The Labute approximate surface area is 87.8 Å². The molecule has 0 saturated carbocycles. The Balaban J connectivity index is 2.20. The summed E-state index contributed by atoms with van der Waals surface area (Å²) < 4.78 is 3.64.